The van der Waals surface area contributed by atoms with Crippen LogP contribution in [0.1, 0.15) is 50.8 Å². The summed E-state index contributed by atoms with van der Waals surface area (Å²) >= 11 is 6.68. The largest absolute Gasteiger partial charge is 0.512 e. The van der Waals surface area contributed by atoms with Crippen LogP contribution >= 0.6 is 11.6 Å². The Kier molecular flexibility index (Phi) is 10.3. The second-order valence-electron chi connectivity index (χ2n) is 12.7. The van der Waals surface area contributed by atoms with Crippen molar-refractivity contribution in [3.63, 3.8) is 0 Å². The van der Waals surface area contributed by atoms with Gasteiger partial charge in [-0.25, -0.2) is 9.97 Å². The van der Waals surface area contributed by atoms with Gasteiger partial charge in [0.1, 0.15) is 30.0 Å². The molecule has 45 heavy (non-hydrogen) atoms. The summed E-state index contributed by atoms with van der Waals surface area (Å²) in [6.45, 7) is 9.83. The molecular weight excluding hydrogens is 596 g/mol. The lowest BCUT2D eigenvalue weighted by Crippen LogP contribution is -2.59. The fourth-order valence-electron chi connectivity index (χ4n) is 6.80. The van der Waals surface area contributed by atoms with Gasteiger partial charge in [0, 0.05) is 60.9 Å². The molecule has 1 aliphatic carbocycles. The summed E-state index contributed by atoms with van der Waals surface area (Å²) < 4.78 is 11.3. The third kappa shape index (κ3) is 7.27. The zero-order valence-electron chi connectivity index (χ0n) is 26.7. The molecule has 1 aromatic carbocycles. The number of hydrogen-bond donors (Lipinski definition) is 4. The van der Waals surface area contributed by atoms with E-state index >= 15 is 0 Å². The fraction of sp³-hybridized carbons (Fsp3) is 0.576. The fourth-order valence-corrected chi connectivity index (χ4v) is 7.00. The van der Waals surface area contributed by atoms with Crippen LogP contribution in [-0.2, 0) is 9.53 Å². The molecule has 3 heterocycles. The van der Waals surface area contributed by atoms with Gasteiger partial charge in [0.15, 0.2) is 5.82 Å². The van der Waals surface area contributed by atoms with E-state index in [1.807, 2.05) is 11.8 Å². The standard InChI is InChI=1S/C33H45ClN6O5/c1-20-29(28(21(2)35)22(3)41)37-30(26-15-25(5-6-27(26)34)45-17-24(42)16-36-4)38-31(20)40-18-33(19-40)9-7-23(8-10-33)32(43)39-11-13-44-14-12-39/h5-6,15,23-24,35-36,41-42H,7-14,16-19H2,1-4H3/b28-22+,35-21?/t24-/m1/s1. The number of nitrogens with one attached hydrogen (secondary N) is 2. The van der Waals surface area contributed by atoms with Gasteiger partial charge < -0.3 is 40.2 Å². The summed E-state index contributed by atoms with van der Waals surface area (Å²) in [6, 6.07) is 5.20. The van der Waals surface area contributed by atoms with Crippen molar-refractivity contribution in [1.82, 2.24) is 20.2 Å². The monoisotopic (exact) mass is 640 g/mol. The molecule has 11 nitrogen and oxygen atoms in total. The minimum absolute atomic E-state index is 0.00578. The van der Waals surface area contributed by atoms with Gasteiger partial charge in [-0.2, -0.15) is 0 Å². The average molecular weight is 641 g/mol. The number of nitrogens with zero attached hydrogens (tertiary/aromatic N) is 4. The smallest absolute Gasteiger partial charge is 0.225 e. The number of likely N-dealkylation sites (N-methyl/N-ethyl adjacent to an activating group) is 1. The van der Waals surface area contributed by atoms with Crippen molar-refractivity contribution in [2.24, 2.45) is 11.3 Å². The average Bonchev–Trinajstić information content (AvgIpc) is 3.00. The van der Waals surface area contributed by atoms with E-state index < -0.39 is 6.10 Å². The second kappa shape index (κ2) is 14.0. The van der Waals surface area contributed by atoms with Crippen molar-refractivity contribution in [2.75, 3.05) is 64.5 Å². The van der Waals surface area contributed by atoms with E-state index in [0.717, 1.165) is 50.2 Å². The minimum Gasteiger partial charge on any atom is -0.512 e. The lowest BCUT2D eigenvalue weighted by Gasteiger charge is -2.54. The van der Waals surface area contributed by atoms with E-state index in [4.69, 9.17) is 36.5 Å². The second-order valence-corrected chi connectivity index (χ2v) is 13.1. The van der Waals surface area contributed by atoms with Crippen LogP contribution < -0.4 is 15.0 Å². The lowest BCUT2D eigenvalue weighted by atomic mass is 9.65. The summed E-state index contributed by atoms with van der Waals surface area (Å²) in [7, 11) is 1.76. The Morgan fingerprint density at radius 1 is 1.22 bits per heavy atom. The molecule has 0 radical (unpaired) electrons. The van der Waals surface area contributed by atoms with Crippen LogP contribution in [0.3, 0.4) is 0 Å². The number of hydrogen-bond acceptors (Lipinski definition) is 10. The molecule has 2 aromatic rings. The predicted octanol–water partition coefficient (Wildman–Crippen LogP) is 4.25. The number of morpholine rings is 1. The van der Waals surface area contributed by atoms with E-state index in [0.29, 0.717) is 66.3 Å². The first-order valence-electron chi connectivity index (χ1n) is 15.7. The molecule has 1 amide bonds. The van der Waals surface area contributed by atoms with Crippen LogP contribution in [0, 0.1) is 23.7 Å². The summed E-state index contributed by atoms with van der Waals surface area (Å²) in [4.78, 5) is 27.1. The molecule has 1 aromatic heterocycles. The summed E-state index contributed by atoms with van der Waals surface area (Å²) in [5.74, 6) is 1.96. The van der Waals surface area contributed by atoms with Gasteiger partial charge in [0.25, 0.3) is 0 Å². The molecule has 2 saturated heterocycles. The maximum Gasteiger partial charge on any atom is 0.225 e. The minimum atomic E-state index is -0.676. The molecule has 4 N–H and O–H groups in total. The van der Waals surface area contributed by atoms with Gasteiger partial charge in [-0.05, 0) is 71.7 Å². The first-order valence-corrected chi connectivity index (χ1v) is 16.1. The van der Waals surface area contributed by atoms with Crippen molar-refractivity contribution >= 4 is 34.6 Å². The van der Waals surface area contributed by atoms with Gasteiger partial charge in [0.2, 0.25) is 5.91 Å². The third-order valence-corrected chi connectivity index (χ3v) is 9.55. The molecular formula is C33H45ClN6O5. The zero-order chi connectivity index (χ0) is 32.3. The highest BCUT2D eigenvalue weighted by atomic mass is 35.5. The Hall–Kier alpha value is -3.25. The van der Waals surface area contributed by atoms with Crippen molar-refractivity contribution in [2.45, 2.75) is 52.6 Å². The molecule has 12 heteroatoms. The predicted molar refractivity (Wildman–Crippen MR) is 175 cm³/mol. The number of benzene rings is 1. The van der Waals surface area contributed by atoms with Gasteiger partial charge in [-0.15, -0.1) is 0 Å². The number of aliphatic hydroxyl groups excluding tert-OH is 2. The number of rotatable bonds is 10. The summed E-state index contributed by atoms with van der Waals surface area (Å²) in [6.07, 6.45) is 3.07. The Bertz CT molecular complexity index is 1440. The van der Waals surface area contributed by atoms with Crippen LogP contribution in [-0.4, -0.2) is 102 Å². The summed E-state index contributed by atoms with van der Waals surface area (Å²) in [5.41, 5.74) is 2.48. The van der Waals surface area contributed by atoms with E-state index in [1.54, 1.807) is 39.1 Å². The number of allylic oxidation sites excluding steroid dienone is 2. The molecule has 1 saturated carbocycles. The van der Waals surface area contributed by atoms with Crippen LogP contribution in [0.25, 0.3) is 17.0 Å². The van der Waals surface area contributed by atoms with E-state index in [9.17, 15) is 15.0 Å². The molecule has 2 aliphatic heterocycles. The topological polar surface area (TPSA) is 144 Å². The number of aromatic nitrogens is 2. The van der Waals surface area contributed by atoms with Crippen LogP contribution in [0.5, 0.6) is 5.75 Å². The van der Waals surface area contributed by atoms with E-state index in [-0.39, 0.29) is 35.3 Å². The highest BCUT2D eigenvalue weighted by Crippen LogP contribution is 2.48. The first-order chi connectivity index (χ1) is 21.5. The van der Waals surface area contributed by atoms with Gasteiger partial charge in [-0.1, -0.05) is 11.6 Å². The first kappa shape index (κ1) is 33.1. The van der Waals surface area contributed by atoms with Gasteiger partial charge >= 0.3 is 0 Å². The van der Waals surface area contributed by atoms with Crippen molar-refractivity contribution in [3.8, 4) is 17.1 Å². The van der Waals surface area contributed by atoms with E-state index in [2.05, 4.69) is 10.2 Å². The molecule has 5 rings (SSSR count). The zero-order valence-corrected chi connectivity index (χ0v) is 27.4. The third-order valence-electron chi connectivity index (χ3n) is 9.22. The number of halogens is 1. The maximum absolute atomic E-state index is 13.1. The highest BCUT2D eigenvalue weighted by Gasteiger charge is 2.47. The molecule has 244 valence electrons. The Balaban J connectivity index is 1.40. The Morgan fingerprint density at radius 2 is 1.91 bits per heavy atom. The normalized spacial score (nSPS) is 19.6. The van der Waals surface area contributed by atoms with Crippen molar-refractivity contribution in [1.29, 1.82) is 5.41 Å². The van der Waals surface area contributed by atoms with Crippen molar-refractivity contribution < 1.29 is 24.5 Å². The van der Waals surface area contributed by atoms with E-state index in [1.165, 1.54) is 0 Å². The number of amides is 1. The maximum atomic E-state index is 13.1. The molecule has 0 bridgehead atoms. The number of carbonyl (C=O) groups excluding carboxylic acids is 1. The molecule has 0 unspecified atom stereocenters. The van der Waals surface area contributed by atoms with Crippen LogP contribution in [0.15, 0.2) is 24.0 Å². The quantitative estimate of drug-likeness (QED) is 0.221. The van der Waals surface area contributed by atoms with Crippen LogP contribution in [0.4, 0.5) is 5.82 Å². The van der Waals surface area contributed by atoms with Gasteiger partial charge in [-0.3, -0.25) is 4.79 Å². The number of aliphatic hydroxyl groups is 2. The number of carbonyl (C=O) groups is 1. The Labute approximate surface area is 270 Å². The van der Waals surface area contributed by atoms with Crippen LogP contribution in [0.2, 0.25) is 5.02 Å². The number of anilines is 1. The molecule has 1 atom stereocenters. The lowest BCUT2D eigenvalue weighted by molar-refractivity contribution is -0.141. The SMILES string of the molecule is CNC[C@@H](O)COc1ccc(Cl)c(-c2nc(/C(C(C)=N)=C(\C)O)c(C)c(N3CC4(CCC(C(=O)N5CCOCC5)CC4)C3)n2)c1. The summed E-state index contributed by atoms with van der Waals surface area (Å²) in [5, 5.41) is 32.5. The molecule has 3 aliphatic rings. The molecule has 3 fully saturated rings. The molecule has 1 spiro atoms. The van der Waals surface area contributed by atoms with Gasteiger partial charge in [0.05, 0.1) is 29.5 Å². The number of ether oxygens (including phenoxy) is 2. The highest BCUT2D eigenvalue weighted by molar-refractivity contribution is 6.33. The van der Waals surface area contributed by atoms with Crippen molar-refractivity contribution in [3.05, 3.63) is 40.2 Å². The Morgan fingerprint density at radius 3 is 2.53 bits per heavy atom.